The van der Waals surface area contributed by atoms with Crippen molar-refractivity contribution in [1.82, 2.24) is 15.5 Å². The zero-order chi connectivity index (χ0) is 20.7. The topological polar surface area (TPSA) is 61.4 Å². The molecule has 2 aliphatic rings. The average molecular weight is 440 g/mol. The second kappa shape index (κ2) is 8.02. The van der Waals surface area contributed by atoms with E-state index in [0.29, 0.717) is 25.9 Å². The lowest BCUT2D eigenvalue weighted by molar-refractivity contribution is -0.147. The molecule has 0 radical (unpaired) electrons. The summed E-state index contributed by atoms with van der Waals surface area (Å²) in [5.74, 6) is -0.0487. The third-order valence-electron chi connectivity index (χ3n) is 5.94. The van der Waals surface area contributed by atoms with Crippen molar-refractivity contribution in [1.29, 1.82) is 0 Å². The number of benzene rings is 2. The Hall–Kier alpha value is -2.41. The maximum Gasteiger partial charge on any atom is 0.246 e. The molecule has 2 saturated heterocycles. The summed E-state index contributed by atoms with van der Waals surface area (Å²) in [6.07, 6.45) is 1.14. The van der Waals surface area contributed by atoms with Gasteiger partial charge < -0.3 is 15.5 Å². The summed E-state index contributed by atoms with van der Waals surface area (Å²) >= 11 is 8.23. The average Bonchev–Trinajstić information content (AvgIpc) is 3.33. The van der Waals surface area contributed by atoms with Crippen LogP contribution in [0, 0.1) is 0 Å². The molecule has 2 N–H and O–H groups in total. The molecule has 0 bridgehead atoms. The second-order valence-electron chi connectivity index (χ2n) is 7.91. The van der Waals surface area contributed by atoms with Crippen LogP contribution in [-0.2, 0) is 22.6 Å². The van der Waals surface area contributed by atoms with Gasteiger partial charge in [0.2, 0.25) is 11.8 Å². The van der Waals surface area contributed by atoms with Crippen LogP contribution in [0.5, 0.6) is 0 Å². The van der Waals surface area contributed by atoms with Crippen molar-refractivity contribution in [2.24, 2.45) is 0 Å². The normalized spacial score (nSPS) is 23.6. The van der Waals surface area contributed by atoms with Crippen LogP contribution in [0.15, 0.2) is 54.6 Å². The van der Waals surface area contributed by atoms with Crippen LogP contribution in [0.2, 0.25) is 5.02 Å². The highest BCUT2D eigenvalue weighted by molar-refractivity contribution is 7.19. The highest BCUT2D eigenvalue weighted by atomic mass is 35.5. The maximum atomic E-state index is 13.0. The van der Waals surface area contributed by atoms with Gasteiger partial charge in [-0.3, -0.25) is 9.59 Å². The Morgan fingerprint density at radius 2 is 1.87 bits per heavy atom. The lowest BCUT2D eigenvalue weighted by atomic mass is 10.0. The summed E-state index contributed by atoms with van der Waals surface area (Å²) in [4.78, 5) is 28.5. The summed E-state index contributed by atoms with van der Waals surface area (Å²) in [5.41, 5.74) is 1.04. The van der Waals surface area contributed by atoms with E-state index in [1.165, 1.54) is 4.70 Å². The number of amides is 2. The van der Waals surface area contributed by atoms with E-state index in [0.717, 1.165) is 20.8 Å². The minimum Gasteiger partial charge on any atom is -0.342 e. The third kappa shape index (κ3) is 3.60. The van der Waals surface area contributed by atoms with E-state index in [9.17, 15) is 9.59 Å². The maximum absolute atomic E-state index is 13.0. The van der Waals surface area contributed by atoms with E-state index < -0.39 is 6.04 Å². The molecule has 3 aromatic rings. The number of carbonyl (C=O) groups is 2. The van der Waals surface area contributed by atoms with E-state index in [1.54, 1.807) is 16.2 Å². The molecule has 5 nitrogen and oxygen atoms in total. The highest BCUT2D eigenvalue weighted by Crippen LogP contribution is 2.35. The third-order valence-corrected chi connectivity index (χ3v) is 7.65. The van der Waals surface area contributed by atoms with Crippen molar-refractivity contribution < 1.29 is 9.59 Å². The van der Waals surface area contributed by atoms with Gasteiger partial charge in [0, 0.05) is 40.5 Å². The molecule has 30 heavy (non-hydrogen) atoms. The van der Waals surface area contributed by atoms with Crippen molar-refractivity contribution in [3.05, 3.63) is 70.1 Å². The number of thiophene rings is 1. The molecule has 0 aliphatic carbocycles. The number of hydrogen-bond donors (Lipinski definition) is 2. The van der Waals surface area contributed by atoms with Crippen molar-refractivity contribution in [2.75, 3.05) is 6.54 Å². The minimum atomic E-state index is -0.494. The number of piperazine rings is 1. The molecule has 154 valence electrons. The molecule has 3 heterocycles. The van der Waals surface area contributed by atoms with Crippen molar-refractivity contribution in [3.8, 4) is 0 Å². The number of fused-ring (bicyclic) bond motifs is 2. The molecule has 7 heteroatoms. The van der Waals surface area contributed by atoms with E-state index >= 15 is 0 Å². The second-order valence-corrected chi connectivity index (χ2v) is 9.42. The fraction of sp³-hybridized carbons (Fsp3) is 0.304. The predicted molar refractivity (Wildman–Crippen MR) is 120 cm³/mol. The van der Waals surface area contributed by atoms with E-state index in [4.69, 9.17) is 11.6 Å². The smallest absolute Gasteiger partial charge is 0.246 e. The molecule has 0 saturated carbocycles. The number of hydrogen-bond acceptors (Lipinski definition) is 4. The SMILES string of the molecule is O=C1N[C@@H](Cc2ccccc2)C(=O)N2C[C@@H](NCc3sc4ccccc4c3Cl)C[C@@H]12. The Bertz CT molecular complexity index is 1100. The Labute approximate surface area is 184 Å². The minimum absolute atomic E-state index is 0.00708. The van der Waals surface area contributed by atoms with Gasteiger partial charge in [-0.15, -0.1) is 11.3 Å². The summed E-state index contributed by atoms with van der Waals surface area (Å²) in [6.45, 7) is 1.18. The first kappa shape index (κ1) is 19.5. The standard InChI is InChI=1S/C23H22ClN3O2S/c24-21-16-8-4-5-9-19(16)30-20(21)12-25-15-11-18-22(28)26-17(23(29)27(18)13-15)10-14-6-2-1-3-7-14/h1-9,15,17-18,25H,10-13H2,(H,26,28)/t15-,17-,18-/m0/s1. The Morgan fingerprint density at radius 3 is 2.67 bits per heavy atom. The predicted octanol–water partition coefficient (Wildman–Crippen LogP) is 3.35. The molecule has 2 aromatic carbocycles. The summed E-state index contributed by atoms with van der Waals surface area (Å²) in [7, 11) is 0. The van der Waals surface area contributed by atoms with Crippen molar-refractivity contribution >= 4 is 44.8 Å². The lowest BCUT2D eigenvalue weighted by Gasteiger charge is -2.34. The summed E-state index contributed by atoms with van der Waals surface area (Å²) < 4.78 is 1.17. The highest BCUT2D eigenvalue weighted by Gasteiger charge is 2.46. The largest absolute Gasteiger partial charge is 0.342 e. The van der Waals surface area contributed by atoms with E-state index in [2.05, 4.69) is 16.7 Å². The van der Waals surface area contributed by atoms with Crippen LogP contribution in [0.1, 0.15) is 16.9 Å². The quantitative estimate of drug-likeness (QED) is 0.640. The van der Waals surface area contributed by atoms with Crippen LogP contribution in [-0.4, -0.2) is 41.4 Å². The van der Waals surface area contributed by atoms with Gasteiger partial charge in [-0.05, 0) is 18.1 Å². The Kier molecular flexibility index (Phi) is 5.23. The summed E-state index contributed by atoms with van der Waals surface area (Å²) in [5, 5.41) is 8.30. The zero-order valence-electron chi connectivity index (χ0n) is 16.3. The number of carbonyl (C=O) groups excluding carboxylic acids is 2. The molecular formula is C23H22ClN3O2S. The van der Waals surface area contributed by atoms with Gasteiger partial charge in [0.15, 0.2) is 0 Å². The van der Waals surface area contributed by atoms with Crippen LogP contribution in [0.25, 0.3) is 10.1 Å². The molecule has 0 unspecified atom stereocenters. The van der Waals surface area contributed by atoms with Gasteiger partial charge >= 0.3 is 0 Å². The Morgan fingerprint density at radius 1 is 1.10 bits per heavy atom. The lowest BCUT2D eigenvalue weighted by Crippen LogP contribution is -2.61. The van der Waals surface area contributed by atoms with E-state index in [-0.39, 0.29) is 23.9 Å². The molecule has 3 atom stereocenters. The molecular weight excluding hydrogens is 418 g/mol. The molecule has 2 aliphatic heterocycles. The van der Waals surface area contributed by atoms with Crippen molar-refractivity contribution in [2.45, 2.75) is 37.5 Å². The first-order chi connectivity index (χ1) is 14.6. The molecule has 2 amide bonds. The molecule has 2 fully saturated rings. The number of rotatable bonds is 5. The first-order valence-corrected chi connectivity index (χ1v) is 11.3. The van der Waals surface area contributed by atoms with Crippen LogP contribution in [0.3, 0.4) is 0 Å². The van der Waals surface area contributed by atoms with Crippen LogP contribution >= 0.6 is 22.9 Å². The fourth-order valence-corrected chi connectivity index (χ4v) is 5.86. The van der Waals surface area contributed by atoms with Gasteiger partial charge in [-0.2, -0.15) is 0 Å². The van der Waals surface area contributed by atoms with Crippen LogP contribution in [0.4, 0.5) is 0 Å². The molecule has 0 spiro atoms. The summed E-state index contributed by atoms with van der Waals surface area (Å²) in [6, 6.07) is 17.1. The van der Waals surface area contributed by atoms with Gasteiger partial charge in [0.25, 0.3) is 0 Å². The van der Waals surface area contributed by atoms with Gasteiger partial charge in [0.1, 0.15) is 12.1 Å². The Balaban J connectivity index is 1.25. The first-order valence-electron chi connectivity index (χ1n) is 10.1. The fourth-order valence-electron chi connectivity index (χ4n) is 4.41. The number of nitrogens with one attached hydrogen (secondary N) is 2. The van der Waals surface area contributed by atoms with Gasteiger partial charge in [-0.25, -0.2) is 0 Å². The van der Waals surface area contributed by atoms with Gasteiger partial charge in [0.05, 0.1) is 5.02 Å². The van der Waals surface area contributed by atoms with Gasteiger partial charge in [-0.1, -0.05) is 60.1 Å². The monoisotopic (exact) mass is 439 g/mol. The van der Waals surface area contributed by atoms with Crippen molar-refractivity contribution in [3.63, 3.8) is 0 Å². The van der Waals surface area contributed by atoms with E-state index in [1.807, 2.05) is 48.5 Å². The number of nitrogens with zero attached hydrogens (tertiary/aromatic N) is 1. The van der Waals surface area contributed by atoms with Crippen LogP contribution < -0.4 is 10.6 Å². The molecule has 5 rings (SSSR count). The molecule has 1 aromatic heterocycles. The zero-order valence-corrected chi connectivity index (χ0v) is 17.9. The number of halogens is 1.